The second-order valence-electron chi connectivity index (χ2n) is 3.66. The molecule has 3 heteroatoms. The van der Waals surface area contributed by atoms with Gasteiger partial charge in [-0.25, -0.2) is 0 Å². The standard InChI is InChI=1S/C13H15N3/c1-2-13(7-8-14)16-10-12-5-3-11(9-15)4-6-12/h3-6,13,16H,2,7,10H2,1H3. The second-order valence-corrected chi connectivity index (χ2v) is 3.66. The molecule has 1 aromatic carbocycles. The van der Waals surface area contributed by atoms with Crippen LogP contribution in [0.1, 0.15) is 30.9 Å². The topological polar surface area (TPSA) is 59.6 Å². The van der Waals surface area contributed by atoms with E-state index in [4.69, 9.17) is 10.5 Å². The van der Waals surface area contributed by atoms with Crippen molar-refractivity contribution in [3.8, 4) is 12.1 Å². The van der Waals surface area contributed by atoms with Crippen molar-refractivity contribution in [3.05, 3.63) is 35.4 Å². The van der Waals surface area contributed by atoms with E-state index in [0.717, 1.165) is 18.5 Å². The summed E-state index contributed by atoms with van der Waals surface area (Å²) in [6.45, 7) is 2.81. The molecule has 0 aliphatic rings. The van der Waals surface area contributed by atoms with E-state index in [1.165, 1.54) is 0 Å². The zero-order valence-electron chi connectivity index (χ0n) is 9.40. The van der Waals surface area contributed by atoms with Gasteiger partial charge in [0.1, 0.15) is 0 Å². The molecule has 0 radical (unpaired) electrons. The molecule has 0 bridgehead atoms. The van der Waals surface area contributed by atoms with Gasteiger partial charge in [0.25, 0.3) is 0 Å². The fraction of sp³-hybridized carbons (Fsp3) is 0.385. The molecule has 16 heavy (non-hydrogen) atoms. The van der Waals surface area contributed by atoms with Gasteiger partial charge >= 0.3 is 0 Å². The highest BCUT2D eigenvalue weighted by atomic mass is 14.9. The van der Waals surface area contributed by atoms with Crippen molar-refractivity contribution >= 4 is 0 Å². The molecular formula is C13H15N3. The minimum absolute atomic E-state index is 0.251. The smallest absolute Gasteiger partial charge is 0.0991 e. The average molecular weight is 213 g/mol. The Hall–Kier alpha value is -1.84. The van der Waals surface area contributed by atoms with Crippen LogP contribution in [0.15, 0.2) is 24.3 Å². The monoisotopic (exact) mass is 213 g/mol. The molecule has 0 saturated carbocycles. The minimum atomic E-state index is 0.251. The van der Waals surface area contributed by atoms with Gasteiger partial charge in [-0.2, -0.15) is 10.5 Å². The first kappa shape index (κ1) is 12.2. The molecule has 0 heterocycles. The predicted molar refractivity (Wildman–Crippen MR) is 62.3 cm³/mol. The normalized spacial score (nSPS) is 11.4. The molecular weight excluding hydrogens is 198 g/mol. The molecule has 82 valence electrons. The summed E-state index contributed by atoms with van der Waals surface area (Å²) >= 11 is 0. The molecule has 0 aromatic heterocycles. The van der Waals surface area contributed by atoms with Crippen molar-refractivity contribution in [2.75, 3.05) is 0 Å². The van der Waals surface area contributed by atoms with E-state index in [2.05, 4.69) is 24.4 Å². The molecule has 0 aliphatic carbocycles. The lowest BCUT2D eigenvalue weighted by molar-refractivity contribution is 0.505. The number of nitriles is 2. The third-order valence-electron chi connectivity index (χ3n) is 2.51. The van der Waals surface area contributed by atoms with Gasteiger partial charge in [-0.15, -0.1) is 0 Å². The maximum atomic E-state index is 8.65. The molecule has 0 spiro atoms. The largest absolute Gasteiger partial charge is 0.309 e. The van der Waals surface area contributed by atoms with Crippen LogP contribution >= 0.6 is 0 Å². The van der Waals surface area contributed by atoms with E-state index in [1.807, 2.05) is 24.3 Å². The third kappa shape index (κ3) is 3.73. The third-order valence-corrected chi connectivity index (χ3v) is 2.51. The van der Waals surface area contributed by atoms with Crippen LogP contribution in [0.25, 0.3) is 0 Å². The minimum Gasteiger partial charge on any atom is -0.309 e. The van der Waals surface area contributed by atoms with Crippen molar-refractivity contribution in [1.29, 1.82) is 10.5 Å². The Kier molecular flexibility index (Phi) is 5.05. The van der Waals surface area contributed by atoms with Crippen LogP contribution in [-0.4, -0.2) is 6.04 Å². The van der Waals surface area contributed by atoms with E-state index in [9.17, 15) is 0 Å². The Bertz CT molecular complexity index is 395. The number of benzene rings is 1. The lowest BCUT2D eigenvalue weighted by Gasteiger charge is -2.13. The van der Waals surface area contributed by atoms with Gasteiger partial charge in [0.15, 0.2) is 0 Å². The Morgan fingerprint density at radius 3 is 2.44 bits per heavy atom. The summed E-state index contributed by atoms with van der Waals surface area (Å²) in [5.74, 6) is 0. The van der Waals surface area contributed by atoms with Crippen LogP contribution in [-0.2, 0) is 6.54 Å². The lowest BCUT2D eigenvalue weighted by Crippen LogP contribution is -2.27. The number of rotatable bonds is 5. The zero-order valence-corrected chi connectivity index (χ0v) is 9.40. The molecule has 1 N–H and O–H groups in total. The lowest BCUT2D eigenvalue weighted by atomic mass is 10.1. The summed E-state index contributed by atoms with van der Waals surface area (Å²) in [4.78, 5) is 0. The van der Waals surface area contributed by atoms with E-state index >= 15 is 0 Å². The van der Waals surface area contributed by atoms with E-state index in [0.29, 0.717) is 12.0 Å². The molecule has 1 atom stereocenters. The molecule has 1 aromatic rings. The summed E-state index contributed by atoms with van der Waals surface area (Å²) in [5.41, 5.74) is 1.81. The van der Waals surface area contributed by atoms with Gasteiger partial charge in [-0.3, -0.25) is 0 Å². The van der Waals surface area contributed by atoms with Crippen molar-refractivity contribution in [1.82, 2.24) is 5.32 Å². The van der Waals surface area contributed by atoms with Crippen LogP contribution < -0.4 is 5.32 Å². The van der Waals surface area contributed by atoms with Crippen LogP contribution in [0.2, 0.25) is 0 Å². The van der Waals surface area contributed by atoms with E-state index < -0.39 is 0 Å². The highest BCUT2D eigenvalue weighted by molar-refractivity contribution is 5.31. The average Bonchev–Trinajstić information content (AvgIpc) is 2.35. The van der Waals surface area contributed by atoms with Gasteiger partial charge in [0.2, 0.25) is 0 Å². The molecule has 0 amide bonds. The van der Waals surface area contributed by atoms with Crippen LogP contribution in [0.3, 0.4) is 0 Å². The molecule has 1 unspecified atom stereocenters. The SMILES string of the molecule is CCC(CC#N)NCc1ccc(C#N)cc1. The van der Waals surface area contributed by atoms with Gasteiger partial charge in [-0.05, 0) is 24.1 Å². The summed E-state index contributed by atoms with van der Waals surface area (Å²) in [7, 11) is 0. The van der Waals surface area contributed by atoms with E-state index in [-0.39, 0.29) is 6.04 Å². The van der Waals surface area contributed by atoms with Gasteiger partial charge in [-0.1, -0.05) is 19.1 Å². The van der Waals surface area contributed by atoms with E-state index in [1.54, 1.807) is 0 Å². The highest BCUT2D eigenvalue weighted by Gasteiger charge is 2.04. The van der Waals surface area contributed by atoms with Crippen LogP contribution in [0.4, 0.5) is 0 Å². The van der Waals surface area contributed by atoms with Crippen molar-refractivity contribution in [2.24, 2.45) is 0 Å². The fourth-order valence-electron chi connectivity index (χ4n) is 1.43. The van der Waals surface area contributed by atoms with Crippen molar-refractivity contribution in [2.45, 2.75) is 32.4 Å². The first-order chi connectivity index (χ1) is 7.80. The number of nitrogens with one attached hydrogen (secondary N) is 1. The summed E-state index contributed by atoms with van der Waals surface area (Å²) in [6.07, 6.45) is 1.48. The number of hydrogen-bond donors (Lipinski definition) is 1. The summed E-state index contributed by atoms with van der Waals surface area (Å²) < 4.78 is 0. The maximum absolute atomic E-state index is 8.65. The predicted octanol–water partition coefficient (Wildman–Crippen LogP) is 2.34. The van der Waals surface area contributed by atoms with Gasteiger partial charge in [0, 0.05) is 12.6 Å². The molecule has 0 fully saturated rings. The molecule has 1 rings (SSSR count). The van der Waals surface area contributed by atoms with Crippen LogP contribution in [0, 0.1) is 22.7 Å². The zero-order chi connectivity index (χ0) is 11.8. The second kappa shape index (κ2) is 6.61. The number of nitrogens with zero attached hydrogens (tertiary/aromatic N) is 2. The Labute approximate surface area is 96.3 Å². The first-order valence-electron chi connectivity index (χ1n) is 5.39. The highest BCUT2D eigenvalue weighted by Crippen LogP contribution is 2.04. The summed E-state index contributed by atoms with van der Waals surface area (Å²) in [6, 6.07) is 12.0. The van der Waals surface area contributed by atoms with Crippen LogP contribution in [0.5, 0.6) is 0 Å². The van der Waals surface area contributed by atoms with Gasteiger partial charge < -0.3 is 5.32 Å². The first-order valence-corrected chi connectivity index (χ1v) is 5.39. The van der Waals surface area contributed by atoms with Crippen molar-refractivity contribution < 1.29 is 0 Å². The molecule has 3 nitrogen and oxygen atoms in total. The van der Waals surface area contributed by atoms with Gasteiger partial charge in [0.05, 0.1) is 24.1 Å². The Morgan fingerprint density at radius 2 is 1.94 bits per heavy atom. The molecule has 0 saturated heterocycles. The quantitative estimate of drug-likeness (QED) is 0.816. The summed E-state index contributed by atoms with van der Waals surface area (Å²) in [5, 5.41) is 20.6. The Morgan fingerprint density at radius 1 is 1.25 bits per heavy atom. The number of hydrogen-bond acceptors (Lipinski definition) is 3. The molecule has 0 aliphatic heterocycles. The Balaban J connectivity index is 2.48. The maximum Gasteiger partial charge on any atom is 0.0991 e. The fourth-order valence-corrected chi connectivity index (χ4v) is 1.43. The van der Waals surface area contributed by atoms with Crippen molar-refractivity contribution in [3.63, 3.8) is 0 Å².